The Morgan fingerprint density at radius 2 is 2.33 bits per heavy atom. The van der Waals surface area contributed by atoms with Crippen LogP contribution >= 0.6 is 17.0 Å². The molecule has 0 aliphatic heterocycles. The van der Waals surface area contributed by atoms with Crippen LogP contribution in [0.3, 0.4) is 0 Å². The molecule has 6 heavy (non-hydrogen) atoms. The van der Waals surface area contributed by atoms with Crippen LogP contribution in [-0.4, -0.2) is 20.4 Å². The van der Waals surface area contributed by atoms with Gasteiger partial charge in [0.15, 0.2) is 0 Å². The third-order valence-electron chi connectivity index (χ3n) is 0.493. The molecular formula is C4H9BrMg. The summed E-state index contributed by atoms with van der Waals surface area (Å²) in [5, 5.41) is 2.28. The molecule has 0 fully saturated rings. The highest BCUT2D eigenvalue weighted by Crippen LogP contribution is 1.72. The van der Waals surface area contributed by atoms with Crippen molar-refractivity contribution in [2.75, 3.05) is 0 Å². The van der Waals surface area contributed by atoms with Crippen molar-refractivity contribution in [3.05, 3.63) is 12.7 Å². The van der Waals surface area contributed by atoms with Gasteiger partial charge in [0.1, 0.15) is 0 Å². The quantitative estimate of drug-likeness (QED) is 0.429. The molecule has 0 aromatic rings. The lowest BCUT2D eigenvalue weighted by molar-refractivity contribution is 1.71. The molecule has 0 radical (unpaired) electrons. The van der Waals surface area contributed by atoms with Crippen molar-refractivity contribution in [3.8, 4) is 0 Å². The van der Waals surface area contributed by atoms with Crippen LogP contribution in [0.4, 0.5) is 0 Å². The van der Waals surface area contributed by atoms with Crippen LogP contribution in [0.5, 0.6) is 0 Å². The van der Waals surface area contributed by atoms with E-state index in [1.54, 1.807) is 0 Å². The highest BCUT2D eigenvalue weighted by molar-refractivity contribution is 8.93. The van der Waals surface area contributed by atoms with Gasteiger partial charge in [0.2, 0.25) is 0 Å². The highest BCUT2D eigenvalue weighted by Gasteiger charge is 1.72. The van der Waals surface area contributed by atoms with E-state index in [2.05, 4.69) is 11.6 Å². The molecule has 0 saturated carbocycles. The van der Waals surface area contributed by atoms with Crippen molar-refractivity contribution in [1.82, 2.24) is 0 Å². The summed E-state index contributed by atoms with van der Waals surface area (Å²) in [7, 11) is 0. The Bertz CT molecular complexity index is 28.7. The first kappa shape index (κ1) is 10.1. The summed E-state index contributed by atoms with van der Waals surface area (Å²) in [6.45, 7) is 3.59. The Labute approximate surface area is 59.5 Å². The van der Waals surface area contributed by atoms with Crippen molar-refractivity contribution < 1.29 is 0 Å². The van der Waals surface area contributed by atoms with Crippen LogP contribution in [0, 0.1) is 0 Å². The predicted octanol–water partition coefficient (Wildman–Crippen LogP) is 1.92. The second kappa shape index (κ2) is 9.37. The first-order valence-electron chi connectivity index (χ1n) is 2.02. The number of rotatable bonds is 2. The zero-order valence-electron chi connectivity index (χ0n) is 4.11. The van der Waals surface area contributed by atoms with Gasteiger partial charge in [0.25, 0.3) is 0 Å². The first-order chi connectivity index (χ1) is 2.41. The molecular weight excluding hydrogens is 152 g/mol. The van der Waals surface area contributed by atoms with Gasteiger partial charge in [-0.2, -0.15) is 5.05 Å². The van der Waals surface area contributed by atoms with Gasteiger partial charge in [-0.25, -0.2) is 0 Å². The lowest BCUT2D eigenvalue weighted by atomic mass is 10.8. The molecule has 34 valence electrons. The van der Waals surface area contributed by atoms with Crippen LogP contribution < -0.4 is 0 Å². The maximum atomic E-state index is 3.59. The molecule has 0 N–H and O–H groups in total. The monoisotopic (exact) mass is 160 g/mol. The van der Waals surface area contributed by atoms with E-state index in [0.29, 0.717) is 20.4 Å². The van der Waals surface area contributed by atoms with Gasteiger partial charge >= 0.3 is 20.4 Å². The van der Waals surface area contributed by atoms with E-state index in [4.69, 9.17) is 0 Å². The smallest absolute Gasteiger partial charge is 0.157 e. The minimum absolute atomic E-state index is 0. The Morgan fingerprint density at radius 1 is 1.83 bits per heavy atom. The Balaban J connectivity index is 0. The second-order valence-corrected chi connectivity index (χ2v) is 2.65. The fourth-order valence-electron chi connectivity index (χ4n) is 0.204. The number of hydrogen-bond acceptors (Lipinski definition) is 0. The zero-order chi connectivity index (χ0) is 4.12. The van der Waals surface area contributed by atoms with Crippen molar-refractivity contribution in [3.63, 3.8) is 0 Å². The molecule has 0 nitrogen and oxygen atoms in total. The lowest BCUT2D eigenvalue weighted by Gasteiger charge is -1.67. The number of halogens is 1. The summed E-state index contributed by atoms with van der Waals surface area (Å²) >= 11 is 0.296. The first-order valence-corrected chi connectivity index (χ1v) is 4.44. The Kier molecular flexibility index (Phi) is 15.7. The summed E-state index contributed by atoms with van der Waals surface area (Å²) in [4.78, 5) is 0. The van der Waals surface area contributed by atoms with E-state index in [1.165, 1.54) is 4.55 Å². The van der Waals surface area contributed by atoms with Gasteiger partial charge in [-0.05, 0) is 0 Å². The summed E-state index contributed by atoms with van der Waals surface area (Å²) in [5.41, 5.74) is 0. The largest absolute Gasteiger partial charge is 0.365 e. The van der Waals surface area contributed by atoms with Gasteiger partial charge < -0.3 is 0 Å². The third kappa shape index (κ3) is 8.88. The molecule has 0 aliphatic carbocycles. The molecule has 0 saturated heterocycles. The van der Waals surface area contributed by atoms with Crippen LogP contribution in [-0.2, 0) is 0 Å². The molecule has 2 heteroatoms. The van der Waals surface area contributed by atoms with E-state index >= 15 is 0 Å². The summed E-state index contributed by atoms with van der Waals surface area (Å²) in [6.07, 6.45) is 1.99. The maximum absolute atomic E-state index is 3.59. The minimum atomic E-state index is 0. The fourth-order valence-corrected chi connectivity index (χ4v) is 0.612. The Hall–Kier alpha value is 0.986. The third-order valence-corrected chi connectivity index (χ3v) is 1.48. The average Bonchev–Trinajstić information content (AvgIpc) is 1.41. The van der Waals surface area contributed by atoms with Crippen molar-refractivity contribution >= 4 is 37.3 Å². The van der Waals surface area contributed by atoms with Gasteiger partial charge in [0.05, 0.1) is 0 Å². The molecule has 0 aromatic heterocycles. The van der Waals surface area contributed by atoms with Crippen molar-refractivity contribution in [2.45, 2.75) is 9.60 Å². The van der Waals surface area contributed by atoms with Gasteiger partial charge in [-0.1, -0.05) is 0 Å². The minimum Gasteiger partial charge on any atom is -0.157 e. The zero-order valence-corrected chi connectivity index (χ0v) is 7.23. The molecule has 0 unspecified atom stereocenters. The van der Waals surface area contributed by atoms with Crippen LogP contribution in [0.15, 0.2) is 12.7 Å². The van der Waals surface area contributed by atoms with Crippen molar-refractivity contribution in [1.29, 1.82) is 0 Å². The molecule has 0 spiro atoms. The summed E-state index contributed by atoms with van der Waals surface area (Å²) in [5.74, 6) is 0. The summed E-state index contributed by atoms with van der Waals surface area (Å²) < 4.78 is 1.29. The predicted molar refractivity (Wildman–Crippen MR) is 36.9 cm³/mol. The molecule has 0 atom stereocenters. The van der Waals surface area contributed by atoms with Gasteiger partial charge in [-0.15, -0.1) is 34.2 Å². The molecule has 0 amide bonds. The lowest BCUT2D eigenvalue weighted by Crippen LogP contribution is -1.69. The normalized spacial score (nSPS) is 4.83. The highest BCUT2D eigenvalue weighted by atomic mass is 79.9. The van der Waals surface area contributed by atoms with E-state index in [9.17, 15) is 0 Å². The van der Waals surface area contributed by atoms with Crippen molar-refractivity contribution in [2.24, 2.45) is 0 Å². The SMILES string of the molecule is Br.C=C[CH2][Mg][CH3]. The van der Waals surface area contributed by atoms with Gasteiger partial charge in [0, 0.05) is 0 Å². The number of hydrogen-bond donors (Lipinski definition) is 0. The van der Waals surface area contributed by atoms with Crippen LogP contribution in [0.25, 0.3) is 0 Å². The Morgan fingerprint density at radius 3 is 2.33 bits per heavy atom. The number of allylic oxidation sites excluding steroid dienone is 1. The van der Waals surface area contributed by atoms with Crippen LogP contribution in [0.1, 0.15) is 0 Å². The van der Waals surface area contributed by atoms with E-state index < -0.39 is 0 Å². The van der Waals surface area contributed by atoms with Gasteiger partial charge in [-0.3, -0.25) is 0 Å². The standard InChI is InChI=1S/C3H5.CH3.BrH.Mg/c1-3-2;;;/h3H,1-2H2;1H3;1H;. The average molecular weight is 161 g/mol. The van der Waals surface area contributed by atoms with E-state index in [1.807, 2.05) is 6.08 Å². The van der Waals surface area contributed by atoms with Crippen LogP contribution in [0.2, 0.25) is 9.60 Å². The summed E-state index contributed by atoms with van der Waals surface area (Å²) in [6, 6.07) is 0. The fraction of sp³-hybridized carbons (Fsp3) is 0.500. The molecule has 0 rings (SSSR count). The molecule has 0 bridgehead atoms. The topological polar surface area (TPSA) is 0 Å². The molecule has 0 aliphatic rings. The maximum Gasteiger partial charge on any atom is 0.365 e. The van der Waals surface area contributed by atoms with E-state index in [0.717, 1.165) is 0 Å². The molecule has 0 heterocycles. The van der Waals surface area contributed by atoms with E-state index in [-0.39, 0.29) is 17.0 Å². The second-order valence-electron chi connectivity index (χ2n) is 1.08. The molecule has 0 aromatic carbocycles.